The van der Waals surface area contributed by atoms with Crippen LogP contribution in [0.2, 0.25) is 0 Å². The van der Waals surface area contributed by atoms with Gasteiger partial charge in [-0.1, -0.05) is 12.1 Å². The van der Waals surface area contributed by atoms with E-state index in [-0.39, 0.29) is 11.7 Å². The van der Waals surface area contributed by atoms with Crippen LogP contribution in [0.25, 0.3) is 0 Å². The zero-order valence-corrected chi connectivity index (χ0v) is 16.2. The summed E-state index contributed by atoms with van der Waals surface area (Å²) in [6, 6.07) is 10.2. The van der Waals surface area contributed by atoms with Gasteiger partial charge in [-0.15, -0.1) is 0 Å². The minimum atomic E-state index is -4.44. The van der Waals surface area contributed by atoms with Gasteiger partial charge < -0.3 is 15.1 Å². The molecule has 1 unspecified atom stereocenters. The molecule has 1 saturated heterocycles. The van der Waals surface area contributed by atoms with Crippen molar-refractivity contribution in [3.05, 3.63) is 69.8 Å². The summed E-state index contributed by atoms with van der Waals surface area (Å²) in [5, 5.41) is 13.5. The third kappa shape index (κ3) is 5.00. The molecule has 2 amide bonds. The maximum Gasteiger partial charge on any atom is 0.416 e. The predicted molar refractivity (Wildman–Crippen MR) is 105 cm³/mol. The predicted octanol–water partition coefficient (Wildman–Crippen LogP) is 4.21. The number of rotatable bonds is 4. The maximum absolute atomic E-state index is 12.9. The van der Waals surface area contributed by atoms with Crippen LogP contribution in [0.1, 0.15) is 24.1 Å². The lowest BCUT2D eigenvalue weighted by Crippen LogP contribution is -2.52. The first-order valence-electron chi connectivity index (χ1n) is 9.37. The standard InChI is InChI=1S/C20H21F3N4O3/c1-14(15-3-2-4-16(13-15)20(21,22)23)24-19(28)26-11-9-25(10-12-26)17-5-7-18(8-6-17)27(29)30/h2-8,13-14H,9-12H2,1H3,(H,24,28). The molecule has 1 fully saturated rings. The summed E-state index contributed by atoms with van der Waals surface area (Å²) < 4.78 is 38.7. The SMILES string of the molecule is CC(NC(=O)N1CCN(c2ccc([N+](=O)[O-])cc2)CC1)c1cccc(C(F)(F)F)c1. The Morgan fingerprint density at radius 1 is 1.10 bits per heavy atom. The third-order valence-corrected chi connectivity index (χ3v) is 5.05. The van der Waals surface area contributed by atoms with Crippen LogP contribution >= 0.6 is 0 Å². The first kappa shape index (κ1) is 21.4. The lowest BCUT2D eigenvalue weighted by atomic mass is 10.1. The number of benzene rings is 2. The summed E-state index contributed by atoms with van der Waals surface area (Å²) in [5.74, 6) is 0. The minimum Gasteiger partial charge on any atom is -0.368 e. The van der Waals surface area contributed by atoms with Gasteiger partial charge in [0.25, 0.3) is 5.69 Å². The van der Waals surface area contributed by atoms with Gasteiger partial charge in [0.05, 0.1) is 16.5 Å². The first-order valence-corrected chi connectivity index (χ1v) is 9.37. The summed E-state index contributed by atoms with van der Waals surface area (Å²) in [4.78, 5) is 26.4. The number of nitrogens with one attached hydrogen (secondary N) is 1. The number of carbonyl (C=O) groups excluding carboxylic acids is 1. The second-order valence-corrected chi connectivity index (χ2v) is 7.04. The van der Waals surface area contributed by atoms with Gasteiger partial charge in [-0.2, -0.15) is 13.2 Å². The molecular formula is C20H21F3N4O3. The molecule has 2 aromatic rings. The van der Waals surface area contributed by atoms with Crippen molar-refractivity contribution >= 4 is 17.4 Å². The lowest BCUT2D eigenvalue weighted by molar-refractivity contribution is -0.384. The van der Waals surface area contributed by atoms with Gasteiger partial charge in [0, 0.05) is 44.0 Å². The number of hydrogen-bond acceptors (Lipinski definition) is 4. The van der Waals surface area contributed by atoms with E-state index in [0.717, 1.165) is 17.8 Å². The van der Waals surface area contributed by atoms with E-state index in [2.05, 4.69) is 5.32 Å². The largest absolute Gasteiger partial charge is 0.416 e. The Kier molecular flexibility index (Phi) is 6.14. The summed E-state index contributed by atoms with van der Waals surface area (Å²) >= 11 is 0. The highest BCUT2D eigenvalue weighted by atomic mass is 19.4. The smallest absolute Gasteiger partial charge is 0.368 e. The molecule has 1 aliphatic rings. The maximum atomic E-state index is 12.9. The number of halogens is 3. The Morgan fingerprint density at radius 3 is 2.30 bits per heavy atom. The van der Waals surface area contributed by atoms with Crippen molar-refractivity contribution in [3.8, 4) is 0 Å². The molecule has 0 aromatic heterocycles. The first-order chi connectivity index (χ1) is 14.1. The molecule has 1 atom stereocenters. The Morgan fingerprint density at radius 2 is 1.73 bits per heavy atom. The van der Waals surface area contributed by atoms with Crippen LogP contribution in [0.4, 0.5) is 29.3 Å². The molecule has 1 N–H and O–H groups in total. The number of carbonyl (C=O) groups is 1. The number of hydrogen-bond donors (Lipinski definition) is 1. The number of nitro benzene ring substituents is 1. The van der Waals surface area contributed by atoms with Gasteiger partial charge in [0.2, 0.25) is 0 Å². The minimum absolute atomic E-state index is 0.0142. The van der Waals surface area contributed by atoms with E-state index in [1.807, 2.05) is 4.90 Å². The molecule has 10 heteroatoms. The molecule has 0 saturated carbocycles. The van der Waals surface area contributed by atoms with Gasteiger partial charge in [0.1, 0.15) is 0 Å². The van der Waals surface area contributed by atoms with Crippen LogP contribution in [-0.4, -0.2) is 42.0 Å². The van der Waals surface area contributed by atoms with E-state index < -0.39 is 22.7 Å². The molecule has 30 heavy (non-hydrogen) atoms. The Bertz CT molecular complexity index is 910. The van der Waals surface area contributed by atoms with Crippen LogP contribution < -0.4 is 10.2 Å². The summed E-state index contributed by atoms with van der Waals surface area (Å²) in [5.41, 5.74) is 0.471. The number of nitrogens with zero attached hydrogens (tertiary/aromatic N) is 3. The molecule has 3 rings (SSSR count). The molecule has 7 nitrogen and oxygen atoms in total. The lowest BCUT2D eigenvalue weighted by Gasteiger charge is -2.36. The zero-order valence-electron chi connectivity index (χ0n) is 16.2. The van der Waals surface area contributed by atoms with E-state index in [4.69, 9.17) is 0 Å². The number of nitro groups is 1. The molecule has 0 spiro atoms. The number of piperazine rings is 1. The van der Waals surface area contributed by atoms with Crippen LogP contribution in [0.3, 0.4) is 0 Å². The zero-order chi connectivity index (χ0) is 21.9. The van der Waals surface area contributed by atoms with Crippen LogP contribution in [-0.2, 0) is 6.18 Å². The average Bonchev–Trinajstić information content (AvgIpc) is 2.73. The van der Waals surface area contributed by atoms with Crippen molar-refractivity contribution in [2.75, 3.05) is 31.1 Å². The van der Waals surface area contributed by atoms with Crippen molar-refractivity contribution in [2.24, 2.45) is 0 Å². The van der Waals surface area contributed by atoms with Crippen molar-refractivity contribution in [3.63, 3.8) is 0 Å². The highest BCUT2D eigenvalue weighted by Crippen LogP contribution is 2.30. The number of non-ortho nitro benzene ring substituents is 1. The van der Waals surface area contributed by atoms with Gasteiger partial charge in [-0.05, 0) is 36.8 Å². The topological polar surface area (TPSA) is 78.7 Å². The molecule has 2 aromatic carbocycles. The normalized spacial score (nSPS) is 15.6. The summed E-state index contributed by atoms with van der Waals surface area (Å²) in [6.07, 6.45) is -4.44. The van der Waals surface area contributed by atoms with E-state index in [1.54, 1.807) is 30.0 Å². The van der Waals surface area contributed by atoms with Crippen molar-refractivity contribution in [1.29, 1.82) is 0 Å². The molecule has 1 heterocycles. The Hall–Kier alpha value is -3.30. The second-order valence-electron chi connectivity index (χ2n) is 7.04. The van der Waals surface area contributed by atoms with E-state index in [1.165, 1.54) is 18.2 Å². The molecule has 0 bridgehead atoms. The van der Waals surface area contributed by atoms with Crippen molar-refractivity contribution in [1.82, 2.24) is 10.2 Å². The molecule has 1 aliphatic heterocycles. The van der Waals surface area contributed by atoms with Crippen molar-refractivity contribution < 1.29 is 22.9 Å². The fourth-order valence-corrected chi connectivity index (χ4v) is 3.30. The van der Waals surface area contributed by atoms with Crippen LogP contribution in [0.5, 0.6) is 0 Å². The quantitative estimate of drug-likeness (QED) is 0.592. The molecule has 0 aliphatic carbocycles. The average molecular weight is 422 g/mol. The van der Waals surface area contributed by atoms with Gasteiger partial charge in [0.15, 0.2) is 0 Å². The van der Waals surface area contributed by atoms with Gasteiger partial charge >= 0.3 is 12.2 Å². The summed E-state index contributed by atoms with van der Waals surface area (Å²) in [6.45, 7) is 3.59. The van der Waals surface area contributed by atoms with E-state index >= 15 is 0 Å². The number of anilines is 1. The fourth-order valence-electron chi connectivity index (χ4n) is 3.30. The second kappa shape index (κ2) is 8.60. The van der Waals surface area contributed by atoms with Crippen LogP contribution in [0, 0.1) is 10.1 Å². The van der Waals surface area contributed by atoms with E-state index in [0.29, 0.717) is 31.7 Å². The number of alkyl halides is 3. The highest BCUT2D eigenvalue weighted by molar-refractivity contribution is 5.75. The Balaban J connectivity index is 1.56. The number of urea groups is 1. The highest BCUT2D eigenvalue weighted by Gasteiger charge is 2.31. The van der Waals surface area contributed by atoms with Crippen molar-refractivity contribution in [2.45, 2.75) is 19.1 Å². The Labute approximate surface area is 171 Å². The van der Waals surface area contributed by atoms with Gasteiger partial charge in [-0.3, -0.25) is 10.1 Å². The third-order valence-electron chi connectivity index (χ3n) is 5.05. The monoisotopic (exact) mass is 422 g/mol. The van der Waals surface area contributed by atoms with Gasteiger partial charge in [-0.25, -0.2) is 4.79 Å². The fraction of sp³-hybridized carbons (Fsp3) is 0.350. The van der Waals surface area contributed by atoms with E-state index in [9.17, 15) is 28.1 Å². The molecule has 0 radical (unpaired) electrons. The molecular weight excluding hydrogens is 401 g/mol. The van der Waals surface area contributed by atoms with Crippen LogP contribution in [0.15, 0.2) is 48.5 Å². The number of amides is 2. The summed E-state index contributed by atoms with van der Waals surface area (Å²) in [7, 11) is 0. The molecule has 160 valence electrons.